The molecule has 11 heavy (non-hydrogen) atoms. The van der Waals surface area contributed by atoms with E-state index in [4.69, 9.17) is 4.74 Å². The molecule has 1 saturated carbocycles. The van der Waals surface area contributed by atoms with Crippen molar-refractivity contribution in [3.05, 3.63) is 0 Å². The first-order valence-electron chi connectivity index (χ1n) is 4.62. The average Bonchev–Trinajstić information content (AvgIpc) is 2.55. The standard InChI is InChI=1S/C9H16O2/c10-9-2-1-7(5-9)8-3-4-11-6-8/h7-10H,1-6H2. The molecule has 3 atom stereocenters. The van der Waals surface area contributed by atoms with Gasteiger partial charge in [0.05, 0.1) is 6.10 Å². The Balaban J connectivity index is 1.85. The van der Waals surface area contributed by atoms with Gasteiger partial charge in [0.1, 0.15) is 0 Å². The molecule has 0 aromatic rings. The Bertz CT molecular complexity index is 130. The first-order chi connectivity index (χ1) is 5.36. The van der Waals surface area contributed by atoms with Crippen molar-refractivity contribution in [2.45, 2.75) is 31.8 Å². The van der Waals surface area contributed by atoms with Gasteiger partial charge in [0.2, 0.25) is 0 Å². The molecule has 0 aromatic carbocycles. The van der Waals surface area contributed by atoms with E-state index >= 15 is 0 Å². The maximum absolute atomic E-state index is 9.32. The van der Waals surface area contributed by atoms with Gasteiger partial charge in [-0.3, -0.25) is 0 Å². The van der Waals surface area contributed by atoms with E-state index in [1.54, 1.807) is 0 Å². The predicted molar refractivity (Wildman–Crippen MR) is 42.3 cm³/mol. The molecule has 2 nitrogen and oxygen atoms in total. The Morgan fingerprint density at radius 2 is 2.00 bits per heavy atom. The molecular weight excluding hydrogens is 140 g/mol. The van der Waals surface area contributed by atoms with Gasteiger partial charge in [-0.05, 0) is 37.5 Å². The lowest BCUT2D eigenvalue weighted by Gasteiger charge is -2.15. The van der Waals surface area contributed by atoms with Gasteiger partial charge < -0.3 is 9.84 Å². The van der Waals surface area contributed by atoms with Crippen LogP contribution in [0.4, 0.5) is 0 Å². The summed E-state index contributed by atoms with van der Waals surface area (Å²) in [6.45, 7) is 1.88. The number of aliphatic hydroxyl groups is 1. The van der Waals surface area contributed by atoms with Crippen LogP contribution in [0.15, 0.2) is 0 Å². The molecule has 1 saturated heterocycles. The molecule has 2 heteroatoms. The van der Waals surface area contributed by atoms with Crippen LogP contribution in [-0.2, 0) is 4.74 Å². The average molecular weight is 156 g/mol. The number of aliphatic hydroxyl groups excluding tert-OH is 1. The van der Waals surface area contributed by atoms with Crippen LogP contribution >= 0.6 is 0 Å². The first-order valence-corrected chi connectivity index (χ1v) is 4.62. The summed E-state index contributed by atoms with van der Waals surface area (Å²) in [6.07, 6.45) is 4.46. The van der Waals surface area contributed by atoms with Gasteiger partial charge in [0.25, 0.3) is 0 Å². The lowest BCUT2D eigenvalue weighted by atomic mass is 9.90. The van der Waals surface area contributed by atoms with Crippen molar-refractivity contribution in [1.82, 2.24) is 0 Å². The highest BCUT2D eigenvalue weighted by Crippen LogP contribution is 2.35. The molecule has 64 valence electrons. The fourth-order valence-corrected chi connectivity index (χ4v) is 2.34. The van der Waals surface area contributed by atoms with Crippen molar-refractivity contribution in [2.24, 2.45) is 11.8 Å². The number of ether oxygens (including phenoxy) is 1. The largest absolute Gasteiger partial charge is 0.393 e. The van der Waals surface area contributed by atoms with Crippen LogP contribution in [0, 0.1) is 11.8 Å². The van der Waals surface area contributed by atoms with Crippen LogP contribution in [0.1, 0.15) is 25.7 Å². The second kappa shape index (κ2) is 3.11. The van der Waals surface area contributed by atoms with Crippen molar-refractivity contribution in [1.29, 1.82) is 0 Å². The minimum atomic E-state index is -0.0133. The zero-order chi connectivity index (χ0) is 7.68. The van der Waals surface area contributed by atoms with Crippen molar-refractivity contribution >= 4 is 0 Å². The lowest BCUT2D eigenvalue weighted by Crippen LogP contribution is -2.12. The third kappa shape index (κ3) is 1.57. The fourth-order valence-electron chi connectivity index (χ4n) is 2.34. The molecule has 2 fully saturated rings. The van der Waals surface area contributed by atoms with Crippen molar-refractivity contribution in [2.75, 3.05) is 13.2 Å². The molecule has 0 bridgehead atoms. The van der Waals surface area contributed by atoms with Gasteiger partial charge >= 0.3 is 0 Å². The van der Waals surface area contributed by atoms with E-state index in [1.165, 1.54) is 12.8 Å². The fraction of sp³-hybridized carbons (Fsp3) is 1.00. The Morgan fingerprint density at radius 1 is 1.09 bits per heavy atom. The van der Waals surface area contributed by atoms with E-state index in [9.17, 15) is 5.11 Å². The monoisotopic (exact) mass is 156 g/mol. The molecule has 2 rings (SSSR count). The molecule has 2 aliphatic rings. The van der Waals surface area contributed by atoms with E-state index in [2.05, 4.69) is 0 Å². The topological polar surface area (TPSA) is 29.5 Å². The van der Waals surface area contributed by atoms with E-state index < -0.39 is 0 Å². The summed E-state index contributed by atoms with van der Waals surface area (Å²) in [5.74, 6) is 1.51. The highest BCUT2D eigenvalue weighted by Gasteiger charge is 2.31. The number of rotatable bonds is 1. The summed E-state index contributed by atoms with van der Waals surface area (Å²) in [6, 6.07) is 0. The van der Waals surface area contributed by atoms with Crippen LogP contribution in [-0.4, -0.2) is 24.4 Å². The Kier molecular flexibility index (Phi) is 2.14. The quantitative estimate of drug-likeness (QED) is 0.618. The molecular formula is C9H16O2. The minimum absolute atomic E-state index is 0.0133. The van der Waals surface area contributed by atoms with Gasteiger partial charge in [0.15, 0.2) is 0 Å². The molecule has 1 N–H and O–H groups in total. The second-order valence-corrected chi connectivity index (χ2v) is 3.85. The summed E-state index contributed by atoms with van der Waals surface area (Å²) < 4.78 is 5.32. The van der Waals surface area contributed by atoms with Crippen LogP contribution in [0.5, 0.6) is 0 Å². The van der Waals surface area contributed by atoms with Gasteiger partial charge in [0, 0.05) is 13.2 Å². The molecule has 0 aromatic heterocycles. The van der Waals surface area contributed by atoms with E-state index in [-0.39, 0.29) is 6.10 Å². The summed E-state index contributed by atoms with van der Waals surface area (Å²) >= 11 is 0. The third-order valence-corrected chi connectivity index (χ3v) is 3.08. The van der Waals surface area contributed by atoms with Crippen LogP contribution in [0.3, 0.4) is 0 Å². The number of hydrogen-bond acceptors (Lipinski definition) is 2. The Labute approximate surface area is 67.6 Å². The van der Waals surface area contributed by atoms with E-state index in [0.29, 0.717) is 0 Å². The molecule has 0 radical (unpaired) electrons. The van der Waals surface area contributed by atoms with Crippen molar-refractivity contribution in [3.8, 4) is 0 Å². The zero-order valence-electron chi connectivity index (χ0n) is 6.83. The van der Waals surface area contributed by atoms with Gasteiger partial charge in [-0.15, -0.1) is 0 Å². The highest BCUT2D eigenvalue weighted by molar-refractivity contribution is 4.81. The predicted octanol–water partition coefficient (Wildman–Crippen LogP) is 1.18. The SMILES string of the molecule is OC1CCC(C2CCOC2)C1. The summed E-state index contributed by atoms with van der Waals surface area (Å²) in [7, 11) is 0. The van der Waals surface area contributed by atoms with Crippen LogP contribution in [0.2, 0.25) is 0 Å². The molecule has 1 heterocycles. The maximum atomic E-state index is 9.32. The van der Waals surface area contributed by atoms with Crippen LogP contribution < -0.4 is 0 Å². The van der Waals surface area contributed by atoms with E-state index in [0.717, 1.165) is 37.9 Å². The molecule has 3 unspecified atom stereocenters. The Hall–Kier alpha value is -0.0800. The zero-order valence-corrected chi connectivity index (χ0v) is 6.83. The second-order valence-electron chi connectivity index (χ2n) is 3.85. The Morgan fingerprint density at radius 3 is 2.55 bits per heavy atom. The van der Waals surface area contributed by atoms with E-state index in [1.807, 2.05) is 0 Å². The third-order valence-electron chi connectivity index (χ3n) is 3.08. The molecule has 1 aliphatic carbocycles. The smallest absolute Gasteiger partial charge is 0.0543 e. The minimum Gasteiger partial charge on any atom is -0.393 e. The molecule has 0 spiro atoms. The van der Waals surface area contributed by atoms with Crippen molar-refractivity contribution < 1.29 is 9.84 Å². The normalized spacial score (nSPS) is 45.0. The highest BCUT2D eigenvalue weighted by atomic mass is 16.5. The summed E-state index contributed by atoms with van der Waals surface area (Å²) in [4.78, 5) is 0. The van der Waals surface area contributed by atoms with Gasteiger partial charge in [-0.25, -0.2) is 0 Å². The van der Waals surface area contributed by atoms with Gasteiger partial charge in [-0.1, -0.05) is 0 Å². The number of hydrogen-bond donors (Lipinski definition) is 1. The summed E-state index contributed by atoms with van der Waals surface area (Å²) in [5.41, 5.74) is 0. The van der Waals surface area contributed by atoms with Crippen molar-refractivity contribution in [3.63, 3.8) is 0 Å². The van der Waals surface area contributed by atoms with Crippen LogP contribution in [0.25, 0.3) is 0 Å². The lowest BCUT2D eigenvalue weighted by molar-refractivity contribution is 0.155. The summed E-state index contributed by atoms with van der Waals surface area (Å²) in [5, 5.41) is 9.32. The van der Waals surface area contributed by atoms with Gasteiger partial charge in [-0.2, -0.15) is 0 Å². The molecule has 0 amide bonds. The molecule has 1 aliphatic heterocycles. The maximum Gasteiger partial charge on any atom is 0.0543 e. The first kappa shape index (κ1) is 7.56.